The fraction of sp³-hybridized carbons (Fsp3) is 1.00. The average Bonchev–Trinajstić information content (AvgIpc) is 2.02. The molecule has 0 aromatic rings. The SMILES string of the molecule is CNCCCC(C)OCCC(F)(F)F. The van der Waals surface area contributed by atoms with Crippen LogP contribution in [0.2, 0.25) is 0 Å². The van der Waals surface area contributed by atoms with Crippen LogP contribution in [0.1, 0.15) is 26.2 Å². The van der Waals surface area contributed by atoms with E-state index in [1.807, 2.05) is 7.05 Å². The molecule has 2 nitrogen and oxygen atoms in total. The van der Waals surface area contributed by atoms with E-state index in [-0.39, 0.29) is 12.7 Å². The average molecular weight is 213 g/mol. The van der Waals surface area contributed by atoms with Gasteiger partial charge in [0, 0.05) is 0 Å². The van der Waals surface area contributed by atoms with Crippen LogP contribution in [0, 0.1) is 0 Å². The number of alkyl halides is 3. The predicted molar refractivity (Wildman–Crippen MR) is 49.2 cm³/mol. The van der Waals surface area contributed by atoms with Crippen LogP contribution in [-0.4, -0.2) is 32.5 Å². The van der Waals surface area contributed by atoms with Crippen molar-refractivity contribution >= 4 is 0 Å². The first kappa shape index (κ1) is 13.7. The molecule has 14 heavy (non-hydrogen) atoms. The Morgan fingerprint density at radius 3 is 2.50 bits per heavy atom. The molecule has 0 radical (unpaired) electrons. The lowest BCUT2D eigenvalue weighted by atomic mass is 10.2. The molecule has 0 aromatic carbocycles. The van der Waals surface area contributed by atoms with Crippen LogP contribution in [0.5, 0.6) is 0 Å². The highest BCUT2D eigenvalue weighted by Gasteiger charge is 2.26. The van der Waals surface area contributed by atoms with Crippen LogP contribution in [0.25, 0.3) is 0 Å². The number of nitrogens with one attached hydrogen (secondary N) is 1. The molecule has 86 valence electrons. The molecule has 0 bridgehead atoms. The van der Waals surface area contributed by atoms with Gasteiger partial charge < -0.3 is 10.1 Å². The van der Waals surface area contributed by atoms with Gasteiger partial charge in [-0.15, -0.1) is 0 Å². The summed E-state index contributed by atoms with van der Waals surface area (Å²) >= 11 is 0. The van der Waals surface area contributed by atoms with E-state index < -0.39 is 12.6 Å². The van der Waals surface area contributed by atoms with Crippen molar-refractivity contribution in [2.75, 3.05) is 20.2 Å². The zero-order valence-electron chi connectivity index (χ0n) is 8.66. The fourth-order valence-electron chi connectivity index (χ4n) is 1.03. The summed E-state index contributed by atoms with van der Waals surface area (Å²) in [7, 11) is 1.84. The second-order valence-electron chi connectivity index (χ2n) is 3.29. The summed E-state index contributed by atoms with van der Waals surface area (Å²) in [4.78, 5) is 0. The maximum Gasteiger partial charge on any atom is 0.391 e. The standard InChI is InChI=1S/C9H18F3NO/c1-8(4-3-6-13-2)14-7-5-9(10,11)12/h8,13H,3-7H2,1-2H3. The monoisotopic (exact) mass is 213 g/mol. The second kappa shape index (κ2) is 7.06. The Morgan fingerprint density at radius 1 is 1.36 bits per heavy atom. The molecule has 0 amide bonds. The molecular formula is C9H18F3NO. The van der Waals surface area contributed by atoms with E-state index >= 15 is 0 Å². The molecule has 0 saturated heterocycles. The maximum atomic E-state index is 11.7. The first-order valence-corrected chi connectivity index (χ1v) is 4.78. The van der Waals surface area contributed by atoms with Gasteiger partial charge in [0.1, 0.15) is 0 Å². The molecule has 0 aliphatic rings. The lowest BCUT2D eigenvalue weighted by Crippen LogP contribution is -2.17. The van der Waals surface area contributed by atoms with Gasteiger partial charge in [0.2, 0.25) is 0 Å². The maximum absolute atomic E-state index is 11.7. The minimum atomic E-state index is -4.11. The third-order valence-electron chi connectivity index (χ3n) is 1.83. The van der Waals surface area contributed by atoms with Gasteiger partial charge in [-0.1, -0.05) is 0 Å². The molecule has 0 fully saturated rings. The van der Waals surface area contributed by atoms with E-state index in [0.717, 1.165) is 19.4 Å². The molecule has 0 spiro atoms. The lowest BCUT2D eigenvalue weighted by Gasteiger charge is -2.13. The Morgan fingerprint density at radius 2 is 2.00 bits per heavy atom. The molecule has 0 rings (SSSR count). The predicted octanol–water partition coefficient (Wildman–Crippen LogP) is 2.34. The van der Waals surface area contributed by atoms with Crippen molar-refractivity contribution in [1.82, 2.24) is 5.32 Å². The zero-order valence-corrected chi connectivity index (χ0v) is 8.66. The number of hydrogen-bond acceptors (Lipinski definition) is 2. The Labute approximate surface area is 82.8 Å². The van der Waals surface area contributed by atoms with Gasteiger partial charge in [-0.2, -0.15) is 13.2 Å². The van der Waals surface area contributed by atoms with Gasteiger partial charge >= 0.3 is 6.18 Å². The lowest BCUT2D eigenvalue weighted by molar-refractivity contribution is -0.148. The number of ether oxygens (including phenoxy) is 1. The third kappa shape index (κ3) is 9.80. The van der Waals surface area contributed by atoms with Crippen molar-refractivity contribution in [1.29, 1.82) is 0 Å². The van der Waals surface area contributed by atoms with Crippen LogP contribution in [0.4, 0.5) is 13.2 Å². The summed E-state index contributed by atoms with van der Waals surface area (Å²) in [5, 5.41) is 2.97. The van der Waals surface area contributed by atoms with Crippen molar-refractivity contribution in [2.24, 2.45) is 0 Å². The molecule has 0 aliphatic heterocycles. The minimum Gasteiger partial charge on any atom is -0.378 e. The smallest absolute Gasteiger partial charge is 0.378 e. The Bertz CT molecular complexity index is 139. The molecule has 5 heteroatoms. The van der Waals surface area contributed by atoms with Crippen molar-refractivity contribution in [3.05, 3.63) is 0 Å². The molecule has 1 atom stereocenters. The van der Waals surface area contributed by atoms with Crippen molar-refractivity contribution in [2.45, 2.75) is 38.5 Å². The highest BCUT2D eigenvalue weighted by atomic mass is 19.4. The zero-order chi connectivity index (χ0) is 11.0. The molecule has 1 unspecified atom stereocenters. The minimum absolute atomic E-state index is 0.0919. The van der Waals surface area contributed by atoms with Gasteiger partial charge in [-0.25, -0.2) is 0 Å². The number of hydrogen-bond donors (Lipinski definition) is 1. The van der Waals surface area contributed by atoms with E-state index in [1.165, 1.54) is 0 Å². The molecular weight excluding hydrogens is 195 g/mol. The van der Waals surface area contributed by atoms with E-state index in [9.17, 15) is 13.2 Å². The van der Waals surface area contributed by atoms with Crippen LogP contribution < -0.4 is 5.32 Å². The molecule has 0 aromatic heterocycles. The first-order chi connectivity index (χ1) is 6.45. The van der Waals surface area contributed by atoms with Gasteiger partial charge in [0.25, 0.3) is 0 Å². The Kier molecular flexibility index (Phi) is 6.92. The molecule has 0 aliphatic carbocycles. The highest BCUT2D eigenvalue weighted by Crippen LogP contribution is 2.19. The highest BCUT2D eigenvalue weighted by molar-refractivity contribution is 4.54. The number of halogens is 3. The molecule has 1 N–H and O–H groups in total. The van der Waals surface area contributed by atoms with Gasteiger partial charge in [-0.05, 0) is 33.4 Å². The normalized spacial score (nSPS) is 14.4. The van der Waals surface area contributed by atoms with Gasteiger partial charge in [0.15, 0.2) is 0 Å². The molecule has 0 saturated carbocycles. The van der Waals surface area contributed by atoms with E-state index in [2.05, 4.69) is 5.32 Å². The van der Waals surface area contributed by atoms with Crippen LogP contribution in [-0.2, 0) is 4.74 Å². The second-order valence-corrected chi connectivity index (χ2v) is 3.29. The topological polar surface area (TPSA) is 21.3 Å². The van der Waals surface area contributed by atoms with Crippen LogP contribution >= 0.6 is 0 Å². The quantitative estimate of drug-likeness (QED) is 0.655. The van der Waals surface area contributed by atoms with Crippen molar-refractivity contribution < 1.29 is 17.9 Å². The van der Waals surface area contributed by atoms with E-state index in [1.54, 1.807) is 6.92 Å². The van der Waals surface area contributed by atoms with Crippen LogP contribution in [0.3, 0.4) is 0 Å². The van der Waals surface area contributed by atoms with Gasteiger partial charge in [0.05, 0.1) is 19.1 Å². The summed E-state index contributed by atoms with van der Waals surface area (Å²) in [6.45, 7) is 2.43. The summed E-state index contributed by atoms with van der Waals surface area (Å²) in [5.41, 5.74) is 0. The Hall–Kier alpha value is -0.290. The first-order valence-electron chi connectivity index (χ1n) is 4.78. The summed E-state index contributed by atoms with van der Waals surface area (Å²) in [6, 6.07) is 0. The fourth-order valence-corrected chi connectivity index (χ4v) is 1.03. The largest absolute Gasteiger partial charge is 0.391 e. The van der Waals surface area contributed by atoms with E-state index in [0.29, 0.717) is 0 Å². The Balaban J connectivity index is 3.31. The van der Waals surface area contributed by atoms with Crippen molar-refractivity contribution in [3.8, 4) is 0 Å². The summed E-state index contributed by atoms with van der Waals surface area (Å²) in [6.07, 6.45) is -3.35. The van der Waals surface area contributed by atoms with Gasteiger partial charge in [-0.3, -0.25) is 0 Å². The van der Waals surface area contributed by atoms with E-state index in [4.69, 9.17) is 4.74 Å². The number of rotatable bonds is 7. The molecule has 0 heterocycles. The summed E-state index contributed by atoms with van der Waals surface area (Å²) in [5.74, 6) is 0. The van der Waals surface area contributed by atoms with Crippen LogP contribution in [0.15, 0.2) is 0 Å². The van der Waals surface area contributed by atoms with Crippen molar-refractivity contribution in [3.63, 3.8) is 0 Å². The third-order valence-corrected chi connectivity index (χ3v) is 1.83. The summed E-state index contributed by atoms with van der Waals surface area (Å²) < 4.78 is 40.2.